The lowest BCUT2D eigenvalue weighted by Crippen LogP contribution is -2.22. The van der Waals surface area contributed by atoms with Crippen molar-refractivity contribution in [2.24, 2.45) is 9.50 Å². The molecular weight excluding hydrogens is 428 g/mol. The maximum absolute atomic E-state index is 14.0. The zero-order valence-electron chi connectivity index (χ0n) is 16.4. The number of fused-ring (bicyclic) bond motifs is 1. The Kier molecular flexibility index (Phi) is 5.62. The number of urea groups is 1. The van der Waals surface area contributed by atoms with Gasteiger partial charge in [-0.3, -0.25) is 9.67 Å². The Morgan fingerprint density at radius 2 is 2.13 bits per heavy atom. The number of alkyl halides is 3. The van der Waals surface area contributed by atoms with Crippen molar-refractivity contribution < 1.29 is 26.6 Å². The molecule has 0 aromatic carbocycles. The van der Waals surface area contributed by atoms with Gasteiger partial charge in [-0.1, -0.05) is 6.92 Å². The fraction of sp³-hybridized carbons (Fsp3) is 0.471. The predicted octanol–water partition coefficient (Wildman–Crippen LogP) is 3.75. The first-order valence-electron chi connectivity index (χ1n) is 9.04. The molecule has 2 aromatic rings. The number of nitrogens with two attached hydrogens (primary N) is 1. The monoisotopic (exact) mass is 448 g/mol. The van der Waals surface area contributed by atoms with Crippen LogP contribution in [0.15, 0.2) is 15.6 Å². The molecule has 30 heavy (non-hydrogen) atoms. The van der Waals surface area contributed by atoms with Gasteiger partial charge in [-0.05, 0) is 38.2 Å². The molecule has 0 aliphatic heterocycles. The van der Waals surface area contributed by atoms with E-state index in [9.17, 15) is 26.6 Å². The van der Waals surface area contributed by atoms with Gasteiger partial charge in [0.1, 0.15) is 5.56 Å². The lowest BCUT2D eigenvalue weighted by molar-refractivity contribution is -0.137. The van der Waals surface area contributed by atoms with E-state index >= 15 is 0 Å². The van der Waals surface area contributed by atoms with Gasteiger partial charge in [0.15, 0.2) is 15.7 Å². The van der Waals surface area contributed by atoms with Crippen LogP contribution in [0.25, 0.3) is 0 Å². The van der Waals surface area contributed by atoms with Gasteiger partial charge in [0.05, 0.1) is 17.6 Å². The molecule has 0 saturated heterocycles. The van der Waals surface area contributed by atoms with Gasteiger partial charge < -0.3 is 5.32 Å². The van der Waals surface area contributed by atoms with Crippen LogP contribution in [0.4, 0.5) is 28.0 Å². The van der Waals surface area contributed by atoms with Crippen LogP contribution in [0.3, 0.4) is 0 Å². The number of nitrogens with zero attached hydrogens (tertiary/aromatic N) is 4. The molecular formula is C17H20F4N6O2S. The summed E-state index contributed by atoms with van der Waals surface area (Å²) in [7, 11) is -4.12. The molecule has 164 valence electrons. The number of carbonyl (C=O) groups excluding carboxylic acids is 1. The zero-order valence-corrected chi connectivity index (χ0v) is 17.2. The van der Waals surface area contributed by atoms with Crippen molar-refractivity contribution in [3.8, 4) is 0 Å². The molecule has 0 saturated carbocycles. The van der Waals surface area contributed by atoms with E-state index in [1.807, 2.05) is 6.92 Å². The molecule has 2 aromatic heterocycles. The number of aryl methyl sites for hydroxylation is 2. The van der Waals surface area contributed by atoms with Crippen molar-refractivity contribution in [3.63, 3.8) is 0 Å². The number of halogens is 4. The predicted molar refractivity (Wildman–Crippen MR) is 101 cm³/mol. The Morgan fingerprint density at radius 3 is 2.70 bits per heavy atom. The van der Waals surface area contributed by atoms with E-state index in [0.717, 1.165) is 10.9 Å². The van der Waals surface area contributed by atoms with Crippen LogP contribution in [0.1, 0.15) is 48.7 Å². The molecule has 3 N–H and O–H groups in total. The van der Waals surface area contributed by atoms with E-state index in [0.29, 0.717) is 12.1 Å². The van der Waals surface area contributed by atoms with E-state index in [2.05, 4.69) is 19.8 Å². The van der Waals surface area contributed by atoms with Crippen molar-refractivity contribution in [2.75, 3.05) is 5.32 Å². The summed E-state index contributed by atoms with van der Waals surface area (Å²) in [6.07, 6.45) is -3.03. The first-order chi connectivity index (χ1) is 13.8. The summed E-state index contributed by atoms with van der Waals surface area (Å²) in [5, 5.41) is 10.5. The number of hydrogen-bond donors (Lipinski definition) is 2. The molecule has 1 aliphatic carbocycles. The van der Waals surface area contributed by atoms with Gasteiger partial charge in [0.25, 0.3) is 0 Å². The van der Waals surface area contributed by atoms with Crippen molar-refractivity contribution in [1.82, 2.24) is 14.8 Å². The molecule has 0 bridgehead atoms. The number of pyridine rings is 1. The summed E-state index contributed by atoms with van der Waals surface area (Å²) in [6, 6.07) is -1.40. The second-order valence-corrected chi connectivity index (χ2v) is 8.68. The van der Waals surface area contributed by atoms with Crippen molar-refractivity contribution in [1.29, 1.82) is 0 Å². The maximum Gasteiger partial charge on any atom is 0.420 e. The van der Waals surface area contributed by atoms with Crippen LogP contribution in [0.2, 0.25) is 0 Å². The third-order valence-electron chi connectivity index (χ3n) is 4.83. The number of hydrogen-bond acceptors (Lipinski definition) is 4. The van der Waals surface area contributed by atoms with Crippen LogP contribution in [-0.4, -0.2) is 25.0 Å². The van der Waals surface area contributed by atoms with Crippen molar-refractivity contribution in [3.05, 3.63) is 34.5 Å². The molecule has 0 spiro atoms. The highest BCUT2D eigenvalue weighted by molar-refractivity contribution is 7.91. The normalized spacial score (nSPS) is 18.1. The Labute approximate surface area is 170 Å². The fourth-order valence-corrected chi connectivity index (χ4v) is 4.38. The highest BCUT2D eigenvalue weighted by Crippen LogP contribution is 2.44. The van der Waals surface area contributed by atoms with Crippen molar-refractivity contribution in [2.45, 2.75) is 57.3 Å². The van der Waals surface area contributed by atoms with E-state index in [1.165, 1.54) is 6.92 Å². The zero-order chi connectivity index (χ0) is 22.4. The number of nitrogens with one attached hydrogen (secondary N) is 1. The standard InChI is InChI=1S/C17H20F4N6O2S/c1-4-27-7-11(18)15(25-27)30(22,29)26-16(28)24-14-10-6-5-8(2)13(10)23-9(3)12(14)17(19,20)21/h7-8H,4-6H2,1-3H3,(H3,22,23,24,26,28,29)/t8-,30?/m1/s1. The van der Waals surface area contributed by atoms with Crippen LogP contribution in [0.5, 0.6) is 0 Å². The molecule has 1 aliphatic rings. The Bertz CT molecular complexity index is 1130. The summed E-state index contributed by atoms with van der Waals surface area (Å²) >= 11 is 0. The molecule has 0 radical (unpaired) electrons. The Hall–Kier alpha value is -2.54. The van der Waals surface area contributed by atoms with E-state index < -0.39 is 44.2 Å². The SMILES string of the molecule is CCn1cc(F)c(S(N)(=O)=NC(=O)Nc2c3c(nc(C)c2C(F)(F)F)[C@H](C)CC3)n1. The van der Waals surface area contributed by atoms with Crippen LogP contribution in [0, 0.1) is 12.7 Å². The molecule has 8 nitrogen and oxygen atoms in total. The molecule has 0 fully saturated rings. The van der Waals surface area contributed by atoms with Gasteiger partial charge in [-0.15, -0.1) is 4.36 Å². The molecule has 1 unspecified atom stereocenters. The van der Waals surface area contributed by atoms with E-state index in [1.54, 1.807) is 6.92 Å². The van der Waals surface area contributed by atoms with Gasteiger partial charge in [-0.25, -0.2) is 18.5 Å². The summed E-state index contributed by atoms with van der Waals surface area (Å²) in [6.45, 7) is 4.90. The number of aromatic nitrogens is 3. The number of anilines is 1. The third-order valence-corrected chi connectivity index (χ3v) is 6.09. The molecule has 2 atom stereocenters. The van der Waals surface area contributed by atoms with Gasteiger partial charge in [-0.2, -0.15) is 18.3 Å². The minimum atomic E-state index is -4.79. The lowest BCUT2D eigenvalue weighted by atomic mass is 10.0. The van der Waals surface area contributed by atoms with Gasteiger partial charge in [0, 0.05) is 12.2 Å². The number of amides is 2. The number of rotatable bonds is 3. The third kappa shape index (κ3) is 4.03. The highest BCUT2D eigenvalue weighted by Gasteiger charge is 2.40. The fourth-order valence-electron chi connectivity index (χ4n) is 3.44. The minimum Gasteiger partial charge on any atom is -0.304 e. The van der Waals surface area contributed by atoms with Crippen LogP contribution < -0.4 is 10.5 Å². The van der Waals surface area contributed by atoms with Crippen LogP contribution >= 0.6 is 0 Å². The summed E-state index contributed by atoms with van der Waals surface area (Å²) in [5.74, 6) is -1.12. The van der Waals surface area contributed by atoms with E-state index in [4.69, 9.17) is 5.14 Å². The van der Waals surface area contributed by atoms with Crippen LogP contribution in [-0.2, 0) is 29.1 Å². The summed E-state index contributed by atoms with van der Waals surface area (Å²) in [4.78, 5) is 16.4. The Morgan fingerprint density at radius 1 is 1.47 bits per heavy atom. The topological polar surface area (TPSA) is 115 Å². The molecule has 13 heteroatoms. The number of carbonyl (C=O) groups is 1. The second kappa shape index (κ2) is 7.61. The average Bonchev–Trinajstić information content (AvgIpc) is 3.16. The largest absolute Gasteiger partial charge is 0.420 e. The van der Waals surface area contributed by atoms with Gasteiger partial charge >= 0.3 is 12.2 Å². The quantitative estimate of drug-likeness (QED) is 0.696. The molecule has 2 amide bonds. The van der Waals surface area contributed by atoms with E-state index in [-0.39, 0.29) is 30.1 Å². The lowest BCUT2D eigenvalue weighted by Gasteiger charge is -2.19. The minimum absolute atomic E-state index is 0.0839. The molecule has 3 rings (SSSR count). The Balaban J connectivity index is 2.07. The summed E-state index contributed by atoms with van der Waals surface area (Å²) in [5.41, 5.74) is -1.20. The average molecular weight is 448 g/mol. The molecule has 2 heterocycles. The maximum atomic E-state index is 14.0. The first kappa shape index (κ1) is 22.2. The van der Waals surface area contributed by atoms with Gasteiger partial charge in [0.2, 0.25) is 5.03 Å². The smallest absolute Gasteiger partial charge is 0.304 e. The summed E-state index contributed by atoms with van der Waals surface area (Å²) < 4.78 is 71.9. The highest BCUT2D eigenvalue weighted by atomic mass is 32.2. The second-order valence-electron chi connectivity index (χ2n) is 6.98. The van der Waals surface area contributed by atoms with Crippen molar-refractivity contribution >= 4 is 21.6 Å². The first-order valence-corrected chi connectivity index (χ1v) is 10.6.